The molecule has 0 saturated carbocycles. The molecule has 0 aliphatic heterocycles. The number of fused-ring (bicyclic) bond motifs is 1. The molecule has 0 atom stereocenters. The number of aromatic amines is 1. The Morgan fingerprint density at radius 2 is 1.67 bits per heavy atom. The van der Waals surface area contributed by atoms with Gasteiger partial charge in [0.15, 0.2) is 0 Å². The number of benzene rings is 2. The molecule has 0 spiro atoms. The van der Waals surface area contributed by atoms with Gasteiger partial charge in [0.25, 0.3) is 11.1 Å². The van der Waals surface area contributed by atoms with E-state index in [1.807, 2.05) is 0 Å². The number of hydrogen-bond acceptors (Lipinski definition) is 3. The average Bonchev–Trinajstić information content (AvgIpc) is 2.50. The molecule has 5 nitrogen and oxygen atoms in total. The van der Waals surface area contributed by atoms with Crippen molar-refractivity contribution in [1.29, 1.82) is 0 Å². The molecule has 0 radical (unpaired) electrons. The van der Waals surface area contributed by atoms with Crippen LogP contribution in [0.3, 0.4) is 0 Å². The van der Waals surface area contributed by atoms with Crippen LogP contribution >= 0.6 is 15.9 Å². The van der Waals surface area contributed by atoms with Gasteiger partial charge in [-0.15, -0.1) is 13.2 Å². The zero-order valence-electron chi connectivity index (χ0n) is 11.7. The van der Waals surface area contributed by atoms with E-state index in [1.54, 1.807) is 6.07 Å². The Morgan fingerprint density at radius 3 is 2.29 bits per heavy atom. The molecule has 3 aromatic rings. The van der Waals surface area contributed by atoms with Crippen molar-refractivity contribution in [1.82, 2.24) is 9.78 Å². The molecule has 1 aromatic heterocycles. The second-order valence-electron chi connectivity index (χ2n) is 4.81. The highest BCUT2D eigenvalue weighted by atomic mass is 79.9. The van der Waals surface area contributed by atoms with Crippen LogP contribution in [-0.4, -0.2) is 16.1 Å². The van der Waals surface area contributed by atoms with Crippen LogP contribution < -0.4 is 15.9 Å². The molecule has 0 amide bonds. The molecule has 1 heterocycles. The minimum Gasteiger partial charge on any atom is -0.406 e. The van der Waals surface area contributed by atoms with E-state index in [0.29, 0.717) is 4.47 Å². The number of nitrogens with zero attached hydrogens (tertiary/aromatic N) is 1. The maximum atomic E-state index is 12.5. The standard InChI is InChI=1S/C15H8BrF3N2O3/c16-8-1-6-11-12(7-8)14(23)21(20-13(11)22)9-2-4-10(5-3-9)24-15(17,18)19/h1-7H,(H,20,22). The van der Waals surface area contributed by atoms with Crippen LogP contribution in [0.4, 0.5) is 13.2 Å². The third-order valence-corrected chi connectivity index (χ3v) is 3.69. The van der Waals surface area contributed by atoms with Crippen molar-refractivity contribution in [3.05, 3.63) is 67.6 Å². The highest BCUT2D eigenvalue weighted by molar-refractivity contribution is 9.10. The molecule has 1 N–H and O–H groups in total. The molecule has 0 fully saturated rings. The molecule has 3 rings (SSSR count). The highest BCUT2D eigenvalue weighted by Gasteiger charge is 2.31. The van der Waals surface area contributed by atoms with Crippen molar-refractivity contribution in [2.45, 2.75) is 6.36 Å². The quantitative estimate of drug-likeness (QED) is 0.717. The van der Waals surface area contributed by atoms with Gasteiger partial charge >= 0.3 is 6.36 Å². The van der Waals surface area contributed by atoms with Gasteiger partial charge in [-0.3, -0.25) is 14.7 Å². The van der Waals surface area contributed by atoms with Crippen LogP contribution in [0.25, 0.3) is 16.5 Å². The largest absolute Gasteiger partial charge is 0.573 e. The first kappa shape index (κ1) is 16.3. The first-order valence-corrected chi connectivity index (χ1v) is 7.35. The monoisotopic (exact) mass is 400 g/mol. The average molecular weight is 401 g/mol. The van der Waals surface area contributed by atoms with Crippen LogP contribution in [-0.2, 0) is 0 Å². The van der Waals surface area contributed by atoms with Crippen molar-refractivity contribution in [3.8, 4) is 11.4 Å². The molecule has 9 heteroatoms. The number of alkyl halides is 3. The SMILES string of the molecule is O=c1[nH]n(-c2ccc(OC(F)(F)F)cc2)c(=O)c2cc(Br)ccc12. The fraction of sp³-hybridized carbons (Fsp3) is 0.0667. The van der Waals surface area contributed by atoms with Crippen LogP contribution in [0, 0.1) is 0 Å². The molecule has 0 bridgehead atoms. The number of rotatable bonds is 2. The number of H-pyrrole nitrogens is 1. The zero-order valence-corrected chi connectivity index (χ0v) is 13.3. The fourth-order valence-corrected chi connectivity index (χ4v) is 2.56. The minimum absolute atomic E-state index is 0.184. The lowest BCUT2D eigenvalue weighted by molar-refractivity contribution is -0.274. The summed E-state index contributed by atoms with van der Waals surface area (Å²) in [5.74, 6) is -0.426. The van der Waals surface area contributed by atoms with E-state index in [-0.39, 0.29) is 16.5 Å². The van der Waals surface area contributed by atoms with Gasteiger partial charge in [0, 0.05) is 4.47 Å². The van der Waals surface area contributed by atoms with Crippen LogP contribution in [0.15, 0.2) is 56.5 Å². The molecule has 0 aliphatic rings. The molecule has 2 aromatic carbocycles. The maximum absolute atomic E-state index is 12.5. The summed E-state index contributed by atoms with van der Waals surface area (Å²) < 4.78 is 41.9. The van der Waals surface area contributed by atoms with Gasteiger partial charge in [-0.25, -0.2) is 4.68 Å². The van der Waals surface area contributed by atoms with E-state index in [2.05, 4.69) is 25.8 Å². The Balaban J connectivity index is 2.11. The first-order chi connectivity index (χ1) is 11.2. The van der Waals surface area contributed by atoms with Gasteiger partial charge in [0.05, 0.1) is 16.5 Å². The third kappa shape index (κ3) is 3.21. The maximum Gasteiger partial charge on any atom is 0.573 e. The first-order valence-electron chi connectivity index (χ1n) is 6.55. The van der Waals surface area contributed by atoms with Crippen molar-refractivity contribution in [2.24, 2.45) is 0 Å². The fourth-order valence-electron chi connectivity index (χ4n) is 2.20. The summed E-state index contributed by atoms with van der Waals surface area (Å²) in [5, 5.41) is 2.80. The van der Waals surface area contributed by atoms with Crippen molar-refractivity contribution < 1.29 is 17.9 Å². The van der Waals surface area contributed by atoms with Gasteiger partial charge in [0.2, 0.25) is 0 Å². The molecular weight excluding hydrogens is 393 g/mol. The summed E-state index contributed by atoms with van der Waals surface area (Å²) in [6.07, 6.45) is -4.80. The van der Waals surface area contributed by atoms with E-state index >= 15 is 0 Å². The Bertz CT molecular complexity index is 1020. The summed E-state index contributed by atoms with van der Waals surface area (Å²) in [6.45, 7) is 0. The summed E-state index contributed by atoms with van der Waals surface area (Å²) in [4.78, 5) is 24.6. The van der Waals surface area contributed by atoms with Crippen molar-refractivity contribution >= 4 is 26.7 Å². The smallest absolute Gasteiger partial charge is 0.406 e. The van der Waals surface area contributed by atoms with E-state index < -0.39 is 23.2 Å². The van der Waals surface area contributed by atoms with Gasteiger partial charge in [-0.2, -0.15) is 0 Å². The van der Waals surface area contributed by atoms with E-state index in [1.165, 1.54) is 24.3 Å². The number of ether oxygens (including phenoxy) is 1. The summed E-state index contributed by atoms with van der Waals surface area (Å²) in [5.41, 5.74) is -0.795. The lowest BCUT2D eigenvalue weighted by Gasteiger charge is -2.10. The number of nitrogens with one attached hydrogen (secondary N) is 1. The topological polar surface area (TPSA) is 64.1 Å². The summed E-state index contributed by atoms with van der Waals surface area (Å²) in [7, 11) is 0. The molecule has 0 saturated heterocycles. The van der Waals surface area contributed by atoms with Crippen LogP contribution in [0.2, 0.25) is 0 Å². The number of hydrogen-bond donors (Lipinski definition) is 1. The lowest BCUT2D eigenvalue weighted by atomic mass is 10.2. The minimum atomic E-state index is -4.80. The lowest BCUT2D eigenvalue weighted by Crippen LogP contribution is -2.28. The van der Waals surface area contributed by atoms with Crippen molar-refractivity contribution in [3.63, 3.8) is 0 Å². The Kier molecular flexibility index (Phi) is 3.96. The third-order valence-electron chi connectivity index (χ3n) is 3.20. The summed E-state index contributed by atoms with van der Waals surface area (Å²) >= 11 is 3.23. The normalized spacial score (nSPS) is 11.7. The van der Waals surface area contributed by atoms with Crippen LogP contribution in [0.5, 0.6) is 5.75 Å². The predicted octanol–water partition coefficient (Wildman–Crippen LogP) is 3.34. The zero-order chi connectivity index (χ0) is 17.5. The van der Waals surface area contributed by atoms with Gasteiger partial charge in [-0.1, -0.05) is 15.9 Å². The molecule has 0 aliphatic carbocycles. The Morgan fingerprint density at radius 1 is 1.00 bits per heavy atom. The Labute approximate surface area is 140 Å². The molecule has 24 heavy (non-hydrogen) atoms. The highest BCUT2D eigenvalue weighted by Crippen LogP contribution is 2.23. The van der Waals surface area contributed by atoms with E-state index in [9.17, 15) is 22.8 Å². The van der Waals surface area contributed by atoms with E-state index in [4.69, 9.17) is 0 Å². The van der Waals surface area contributed by atoms with E-state index in [0.717, 1.165) is 16.8 Å². The molecule has 0 unspecified atom stereocenters. The predicted molar refractivity (Wildman–Crippen MR) is 84.5 cm³/mol. The van der Waals surface area contributed by atoms with Gasteiger partial charge in [0.1, 0.15) is 5.75 Å². The summed E-state index contributed by atoms with van der Waals surface area (Å²) in [6, 6.07) is 9.22. The van der Waals surface area contributed by atoms with Gasteiger partial charge in [-0.05, 0) is 42.5 Å². The number of halogens is 4. The number of aromatic nitrogens is 2. The molecule has 124 valence electrons. The second-order valence-corrected chi connectivity index (χ2v) is 5.73. The van der Waals surface area contributed by atoms with Gasteiger partial charge < -0.3 is 4.74 Å². The molecular formula is C15H8BrF3N2O3. The Hall–Kier alpha value is -2.55. The van der Waals surface area contributed by atoms with Crippen LogP contribution in [0.1, 0.15) is 0 Å². The second kappa shape index (κ2) is 5.82. The van der Waals surface area contributed by atoms with Crippen molar-refractivity contribution in [2.75, 3.05) is 0 Å².